The summed E-state index contributed by atoms with van der Waals surface area (Å²) in [5, 5.41) is 9.37. The molecule has 0 amide bonds. The molecule has 2 aromatic carbocycles. The lowest BCUT2D eigenvalue weighted by atomic mass is 9.97. The minimum Gasteiger partial charge on any atom is -0.251 e. The van der Waals surface area contributed by atoms with Gasteiger partial charge in [0.25, 0.3) is 0 Å². The first kappa shape index (κ1) is 21.8. The van der Waals surface area contributed by atoms with Crippen LogP contribution in [0.4, 0.5) is 13.2 Å². The fraction of sp³-hybridized carbons (Fsp3) is 0.0833. The molecule has 0 saturated carbocycles. The van der Waals surface area contributed by atoms with Crippen LogP contribution >= 0.6 is 11.6 Å². The molecule has 0 radical (unpaired) electrons. The maximum absolute atomic E-state index is 13.0. The molecule has 5 aromatic rings. The van der Waals surface area contributed by atoms with E-state index in [9.17, 15) is 18.0 Å². The predicted octanol–water partition coefficient (Wildman–Crippen LogP) is 5.34. The van der Waals surface area contributed by atoms with E-state index in [0.29, 0.717) is 21.8 Å². The molecule has 6 nitrogen and oxygen atoms in total. The molecule has 10 heteroatoms. The predicted molar refractivity (Wildman–Crippen MR) is 121 cm³/mol. The second kappa shape index (κ2) is 8.42. The van der Waals surface area contributed by atoms with Crippen LogP contribution in [0.2, 0.25) is 5.02 Å². The number of alkyl halides is 3. The zero-order chi connectivity index (χ0) is 23.9. The number of fused-ring (bicyclic) bond motifs is 1. The lowest BCUT2D eigenvalue weighted by Gasteiger charge is -2.10. The van der Waals surface area contributed by atoms with E-state index in [1.807, 2.05) is 42.5 Å². The van der Waals surface area contributed by atoms with Gasteiger partial charge in [-0.15, -0.1) is 5.10 Å². The van der Waals surface area contributed by atoms with Crippen molar-refractivity contribution < 1.29 is 13.2 Å². The van der Waals surface area contributed by atoms with E-state index in [1.54, 1.807) is 18.3 Å². The Labute approximate surface area is 195 Å². The third-order valence-corrected chi connectivity index (χ3v) is 5.53. The van der Waals surface area contributed by atoms with Gasteiger partial charge in [-0.25, -0.2) is 9.48 Å². The van der Waals surface area contributed by atoms with E-state index in [4.69, 9.17) is 11.6 Å². The van der Waals surface area contributed by atoms with E-state index in [0.717, 1.165) is 33.6 Å². The number of nitrogens with zero attached hydrogens (tertiary/aromatic N) is 5. The van der Waals surface area contributed by atoms with Crippen molar-refractivity contribution >= 4 is 17.2 Å². The Morgan fingerprint density at radius 3 is 2.26 bits per heavy atom. The lowest BCUT2D eigenvalue weighted by molar-refractivity contribution is -0.141. The van der Waals surface area contributed by atoms with Crippen LogP contribution in [-0.4, -0.2) is 24.4 Å². The summed E-state index contributed by atoms with van der Waals surface area (Å²) in [4.78, 5) is 16.5. The van der Waals surface area contributed by atoms with Crippen molar-refractivity contribution in [2.75, 3.05) is 0 Å². The number of rotatable bonds is 4. The van der Waals surface area contributed by atoms with Crippen molar-refractivity contribution in [2.45, 2.75) is 12.7 Å². The van der Waals surface area contributed by atoms with E-state index < -0.39 is 17.6 Å². The van der Waals surface area contributed by atoms with Gasteiger partial charge in [0.05, 0.1) is 12.7 Å². The van der Waals surface area contributed by atoms with Crippen LogP contribution < -0.4 is 5.69 Å². The van der Waals surface area contributed by atoms with Crippen LogP contribution in [0.5, 0.6) is 0 Å². The zero-order valence-corrected chi connectivity index (χ0v) is 18.1. The number of hydrogen-bond acceptors (Lipinski definition) is 4. The van der Waals surface area contributed by atoms with Crippen LogP contribution in [-0.2, 0) is 12.7 Å². The molecule has 0 aliphatic carbocycles. The molecule has 0 bridgehead atoms. The molecule has 0 fully saturated rings. The maximum atomic E-state index is 13.0. The van der Waals surface area contributed by atoms with Crippen molar-refractivity contribution in [3.8, 4) is 22.3 Å². The Kier molecular flexibility index (Phi) is 5.41. The van der Waals surface area contributed by atoms with Crippen molar-refractivity contribution in [1.29, 1.82) is 0 Å². The summed E-state index contributed by atoms with van der Waals surface area (Å²) in [6.07, 6.45) is -1.86. The molecular formula is C24H15ClF3N5O. The molecule has 0 atom stereocenters. The first-order valence-corrected chi connectivity index (χ1v) is 10.5. The number of hydrogen-bond donors (Lipinski definition) is 0. The molecule has 5 rings (SSSR count). The quantitative estimate of drug-likeness (QED) is 0.347. The average molecular weight is 482 g/mol. The Hall–Kier alpha value is -3.98. The van der Waals surface area contributed by atoms with Gasteiger partial charge in [-0.1, -0.05) is 60.1 Å². The fourth-order valence-corrected chi connectivity index (χ4v) is 3.79. The second-order valence-electron chi connectivity index (χ2n) is 7.53. The number of pyridine rings is 1. The third kappa shape index (κ3) is 4.06. The van der Waals surface area contributed by atoms with Crippen LogP contribution in [0.1, 0.15) is 11.3 Å². The summed E-state index contributed by atoms with van der Waals surface area (Å²) < 4.78 is 40.8. The highest BCUT2D eigenvalue weighted by Gasteiger charge is 2.32. The van der Waals surface area contributed by atoms with Crippen LogP contribution in [0.25, 0.3) is 27.9 Å². The molecule has 3 aromatic heterocycles. The minimum absolute atomic E-state index is 0.0577. The van der Waals surface area contributed by atoms with Gasteiger partial charge < -0.3 is 0 Å². The number of halogens is 4. The second-order valence-corrected chi connectivity index (χ2v) is 7.97. The summed E-state index contributed by atoms with van der Waals surface area (Å²) in [6.45, 7) is -0.0577. The monoisotopic (exact) mass is 481 g/mol. The molecule has 0 unspecified atom stereocenters. The van der Waals surface area contributed by atoms with Gasteiger partial charge in [-0.05, 0) is 34.9 Å². The Bertz CT molecular complexity index is 1530. The van der Waals surface area contributed by atoms with Crippen molar-refractivity contribution in [1.82, 2.24) is 24.4 Å². The topological polar surface area (TPSA) is 65.1 Å². The molecule has 0 spiro atoms. The van der Waals surface area contributed by atoms with E-state index in [1.165, 1.54) is 10.6 Å². The largest absolute Gasteiger partial charge is 0.433 e. The lowest BCUT2D eigenvalue weighted by Crippen LogP contribution is -2.23. The van der Waals surface area contributed by atoms with E-state index in [2.05, 4.69) is 15.2 Å². The molecule has 0 saturated heterocycles. The van der Waals surface area contributed by atoms with Crippen molar-refractivity contribution in [3.63, 3.8) is 0 Å². The van der Waals surface area contributed by atoms with Gasteiger partial charge in [-0.2, -0.15) is 22.8 Å². The highest BCUT2D eigenvalue weighted by molar-refractivity contribution is 6.30. The Morgan fingerprint density at radius 1 is 0.882 bits per heavy atom. The molecule has 3 heterocycles. The molecule has 0 aliphatic rings. The molecular weight excluding hydrogens is 467 g/mol. The summed E-state index contributed by atoms with van der Waals surface area (Å²) >= 11 is 6.04. The van der Waals surface area contributed by atoms with Crippen molar-refractivity contribution in [2.24, 2.45) is 0 Å². The number of aromatic nitrogens is 5. The van der Waals surface area contributed by atoms with Gasteiger partial charge in [-0.3, -0.25) is 4.98 Å². The summed E-state index contributed by atoms with van der Waals surface area (Å²) in [5.74, 6) is 0. The Morgan fingerprint density at radius 2 is 1.62 bits per heavy atom. The van der Waals surface area contributed by atoms with Gasteiger partial charge >= 0.3 is 11.9 Å². The third-order valence-electron chi connectivity index (χ3n) is 5.28. The molecule has 170 valence electrons. The molecule has 0 N–H and O–H groups in total. The molecule has 34 heavy (non-hydrogen) atoms. The van der Waals surface area contributed by atoms with Gasteiger partial charge in [0.1, 0.15) is 5.69 Å². The van der Waals surface area contributed by atoms with Crippen LogP contribution in [0, 0.1) is 0 Å². The normalized spacial score (nSPS) is 11.8. The highest BCUT2D eigenvalue weighted by atomic mass is 35.5. The standard InChI is InChI=1S/C24H15ClF3N5O/c25-18-9-7-16(8-10-18)19-13-30-33-22(21(19)17-4-2-1-3-5-17)31-32(23(33)34)14-15-6-11-20(29-12-15)24(26,27)28/h1-13H,14H2. The van der Waals surface area contributed by atoms with Crippen LogP contribution in [0.3, 0.4) is 0 Å². The maximum Gasteiger partial charge on any atom is 0.433 e. The van der Waals surface area contributed by atoms with E-state index in [-0.39, 0.29) is 6.54 Å². The van der Waals surface area contributed by atoms with Crippen molar-refractivity contribution in [3.05, 3.63) is 106 Å². The Balaban J connectivity index is 1.65. The van der Waals surface area contributed by atoms with Gasteiger partial charge in [0.2, 0.25) is 0 Å². The van der Waals surface area contributed by atoms with Crippen LogP contribution in [0.15, 0.2) is 83.9 Å². The zero-order valence-electron chi connectivity index (χ0n) is 17.4. The fourth-order valence-electron chi connectivity index (χ4n) is 3.66. The minimum atomic E-state index is -4.54. The summed E-state index contributed by atoms with van der Waals surface area (Å²) in [5.41, 5.74) is 2.32. The number of benzene rings is 2. The van der Waals surface area contributed by atoms with Gasteiger partial charge in [0, 0.05) is 22.3 Å². The first-order valence-electron chi connectivity index (χ1n) is 10.1. The average Bonchev–Trinajstić information content (AvgIpc) is 3.14. The highest BCUT2D eigenvalue weighted by Crippen LogP contribution is 2.34. The first-order chi connectivity index (χ1) is 16.3. The van der Waals surface area contributed by atoms with Gasteiger partial charge in [0.15, 0.2) is 5.65 Å². The van der Waals surface area contributed by atoms with E-state index >= 15 is 0 Å². The SMILES string of the molecule is O=c1n(Cc2ccc(C(F)(F)F)nc2)nc2c(-c3ccccc3)c(-c3ccc(Cl)cc3)cnn12. The molecule has 0 aliphatic heterocycles. The summed E-state index contributed by atoms with van der Waals surface area (Å²) in [6, 6.07) is 18.8. The smallest absolute Gasteiger partial charge is 0.251 e. The summed E-state index contributed by atoms with van der Waals surface area (Å²) in [7, 11) is 0.